The van der Waals surface area contributed by atoms with E-state index in [1.165, 1.54) is 83.5 Å². The van der Waals surface area contributed by atoms with Gasteiger partial charge in [-0.25, -0.2) is 13.2 Å². The van der Waals surface area contributed by atoms with Gasteiger partial charge in [0.1, 0.15) is 0 Å². The summed E-state index contributed by atoms with van der Waals surface area (Å²) < 4.78 is 0. The SMILES string of the molecule is C=C(C)[C-]=O.C=C(C)[C-]=O.[CH2-]CCCCCCCCCCCCCCC(C)C.[Ti+3]. The van der Waals surface area contributed by atoms with Gasteiger partial charge < -0.3 is 16.5 Å². The summed E-state index contributed by atoms with van der Waals surface area (Å²) in [7, 11) is 0. The topological polar surface area (TPSA) is 34.1 Å². The molecule has 0 amide bonds. The quantitative estimate of drug-likeness (QED) is 0.105. The summed E-state index contributed by atoms with van der Waals surface area (Å²) in [5.41, 5.74) is 0.898. The van der Waals surface area contributed by atoms with E-state index in [2.05, 4.69) is 33.9 Å². The molecule has 2 nitrogen and oxygen atoms in total. The van der Waals surface area contributed by atoms with Crippen molar-refractivity contribution in [3.05, 3.63) is 31.2 Å². The molecule has 0 atom stereocenters. The molecule has 0 aromatic carbocycles. The van der Waals surface area contributed by atoms with Crippen LogP contribution in [0.4, 0.5) is 0 Å². The van der Waals surface area contributed by atoms with Crippen LogP contribution >= 0.6 is 0 Å². The van der Waals surface area contributed by atoms with E-state index in [9.17, 15) is 9.59 Å². The van der Waals surface area contributed by atoms with Crippen molar-refractivity contribution in [3.63, 3.8) is 0 Å². The predicted molar refractivity (Wildman–Crippen MR) is 126 cm³/mol. The molecular formula is C26H47O2Ti. The number of hydrogen-bond acceptors (Lipinski definition) is 2. The third-order valence-corrected chi connectivity index (χ3v) is 4.13. The molecule has 0 heterocycles. The molecule has 0 aliphatic heterocycles. The maximum Gasteiger partial charge on any atom is 3.00 e. The van der Waals surface area contributed by atoms with Crippen LogP contribution < -0.4 is 0 Å². The van der Waals surface area contributed by atoms with Crippen LogP contribution in [0, 0.1) is 12.8 Å². The number of unbranched alkanes of at least 4 members (excludes halogenated alkanes) is 12. The molecule has 0 saturated carbocycles. The Morgan fingerprint density at radius 1 is 0.690 bits per heavy atom. The third kappa shape index (κ3) is 52.3. The largest absolute Gasteiger partial charge is 3.00 e. The molecule has 29 heavy (non-hydrogen) atoms. The van der Waals surface area contributed by atoms with Crippen LogP contribution in [-0.4, -0.2) is 12.6 Å². The smallest absolute Gasteiger partial charge is 0.419 e. The minimum absolute atomic E-state index is 0. The van der Waals surface area contributed by atoms with Crippen LogP contribution in [0.25, 0.3) is 0 Å². The van der Waals surface area contributed by atoms with Gasteiger partial charge in [0.15, 0.2) is 0 Å². The molecular weight excluding hydrogens is 392 g/mol. The average Bonchev–Trinajstić information content (AvgIpc) is 2.66. The number of rotatable bonds is 16. The van der Waals surface area contributed by atoms with Crippen molar-refractivity contribution in [2.75, 3.05) is 0 Å². The fourth-order valence-corrected chi connectivity index (χ4v) is 2.50. The molecule has 3 heteroatoms. The average molecular weight is 440 g/mol. The molecule has 0 unspecified atom stereocenters. The van der Waals surface area contributed by atoms with E-state index < -0.39 is 0 Å². The summed E-state index contributed by atoms with van der Waals surface area (Å²) in [6.45, 7) is 18.3. The van der Waals surface area contributed by atoms with Crippen LogP contribution in [0.5, 0.6) is 0 Å². The second-order valence-corrected chi connectivity index (χ2v) is 8.04. The van der Waals surface area contributed by atoms with E-state index in [0.29, 0.717) is 11.1 Å². The Morgan fingerprint density at radius 3 is 1.14 bits per heavy atom. The number of carbonyl (C=O) groups excluding carboxylic acids is 2. The zero-order valence-corrected chi connectivity index (χ0v) is 21.5. The first-order chi connectivity index (χ1) is 13.3. The van der Waals surface area contributed by atoms with Crippen LogP contribution in [0.3, 0.4) is 0 Å². The van der Waals surface area contributed by atoms with E-state index in [-0.39, 0.29) is 21.7 Å². The van der Waals surface area contributed by atoms with Gasteiger partial charge in [-0.3, -0.25) is 0 Å². The normalized spacial score (nSPS) is 9.31. The zero-order valence-electron chi connectivity index (χ0n) is 19.9. The molecule has 0 bridgehead atoms. The van der Waals surface area contributed by atoms with Crippen molar-refractivity contribution in [1.82, 2.24) is 0 Å². The summed E-state index contributed by atoms with van der Waals surface area (Å²) in [6, 6.07) is 0. The predicted octanol–water partition coefficient (Wildman–Crippen LogP) is 8.28. The maximum atomic E-state index is 9.28. The van der Waals surface area contributed by atoms with Crippen LogP contribution in [0.1, 0.15) is 118 Å². The molecule has 0 fully saturated rings. The van der Waals surface area contributed by atoms with Crippen molar-refractivity contribution >= 4 is 12.6 Å². The van der Waals surface area contributed by atoms with Gasteiger partial charge in [0, 0.05) is 0 Å². The first-order valence-electron chi connectivity index (χ1n) is 11.2. The summed E-state index contributed by atoms with van der Waals surface area (Å²) >= 11 is 0. The molecule has 0 aromatic rings. The zero-order chi connectivity index (χ0) is 22.0. The Labute approximate surface area is 198 Å². The third-order valence-electron chi connectivity index (χ3n) is 4.13. The Balaban J connectivity index is -0.000000235. The van der Waals surface area contributed by atoms with Gasteiger partial charge in [0.25, 0.3) is 0 Å². The summed E-state index contributed by atoms with van der Waals surface area (Å²) in [5, 5.41) is 0. The molecule has 0 aromatic heterocycles. The standard InChI is InChI=1S/C18H37.2C4H5O.Ti/c1-4-5-6-7-8-9-10-11-12-13-14-15-16-17-18(2)3;2*1-4(2)3-5;/h18H,1,4-17H2,2-3H3;2*1H2,2H3;/q3*-1;+3. The van der Waals surface area contributed by atoms with Gasteiger partial charge in [0.05, 0.1) is 0 Å². The molecule has 0 aliphatic carbocycles. The van der Waals surface area contributed by atoms with E-state index in [1.54, 1.807) is 26.4 Å². The van der Waals surface area contributed by atoms with E-state index in [1.807, 2.05) is 0 Å². The van der Waals surface area contributed by atoms with Gasteiger partial charge in [-0.15, -0.1) is 0 Å². The van der Waals surface area contributed by atoms with Crippen molar-refractivity contribution in [2.24, 2.45) is 5.92 Å². The first-order valence-corrected chi connectivity index (χ1v) is 11.2. The van der Waals surface area contributed by atoms with Crippen LogP contribution in [0.2, 0.25) is 0 Å². The fraction of sp³-hybridized carbons (Fsp3) is 0.731. The molecule has 1 radical (unpaired) electrons. The van der Waals surface area contributed by atoms with E-state index >= 15 is 0 Å². The Kier molecular flexibility index (Phi) is 39.9. The Morgan fingerprint density at radius 2 is 0.931 bits per heavy atom. The van der Waals surface area contributed by atoms with Gasteiger partial charge in [-0.05, 0) is 18.5 Å². The number of hydrogen-bond donors (Lipinski definition) is 0. The monoisotopic (exact) mass is 439 g/mol. The molecule has 167 valence electrons. The summed E-state index contributed by atoms with van der Waals surface area (Å²) in [4.78, 5) is 18.6. The van der Waals surface area contributed by atoms with Crippen molar-refractivity contribution < 1.29 is 31.3 Å². The van der Waals surface area contributed by atoms with Gasteiger partial charge in [-0.1, -0.05) is 111 Å². The van der Waals surface area contributed by atoms with Crippen molar-refractivity contribution in [3.8, 4) is 0 Å². The minimum Gasteiger partial charge on any atom is -0.419 e. The molecule has 0 rings (SSSR count). The van der Waals surface area contributed by atoms with Crippen molar-refractivity contribution in [1.29, 1.82) is 0 Å². The summed E-state index contributed by atoms with van der Waals surface area (Å²) in [5.74, 6) is 0.897. The van der Waals surface area contributed by atoms with Crippen molar-refractivity contribution in [2.45, 2.75) is 118 Å². The molecule has 0 spiro atoms. The van der Waals surface area contributed by atoms with Crippen LogP contribution in [0.15, 0.2) is 24.3 Å². The second kappa shape index (κ2) is 32.2. The maximum absolute atomic E-state index is 9.28. The van der Waals surface area contributed by atoms with Crippen LogP contribution in [-0.2, 0) is 31.3 Å². The van der Waals surface area contributed by atoms with E-state index in [4.69, 9.17) is 0 Å². The molecule has 0 aliphatic rings. The minimum atomic E-state index is 0. The van der Waals surface area contributed by atoms with Gasteiger partial charge in [-0.2, -0.15) is 17.6 Å². The van der Waals surface area contributed by atoms with Gasteiger partial charge >= 0.3 is 21.7 Å². The van der Waals surface area contributed by atoms with Gasteiger partial charge in [0.2, 0.25) is 0 Å². The Bertz CT molecular complexity index is 344. The summed E-state index contributed by atoms with van der Waals surface area (Å²) in [6.07, 6.45) is 23.1. The first kappa shape index (κ1) is 35.9. The Hall–Kier alpha value is -0.466. The second-order valence-electron chi connectivity index (χ2n) is 8.04. The number of allylic oxidation sites excluding steroid dienone is 2. The van der Waals surface area contributed by atoms with E-state index in [0.717, 1.165) is 12.3 Å². The molecule has 0 saturated heterocycles. The fourth-order valence-electron chi connectivity index (χ4n) is 2.50. The molecule has 0 N–H and O–H groups in total.